The summed E-state index contributed by atoms with van der Waals surface area (Å²) in [5.74, 6) is 1.00. The van der Waals surface area contributed by atoms with Gasteiger partial charge in [0.05, 0.1) is 17.7 Å². The van der Waals surface area contributed by atoms with Gasteiger partial charge >= 0.3 is 0 Å². The Bertz CT molecular complexity index is 320. The Labute approximate surface area is 114 Å². The first-order chi connectivity index (χ1) is 8.81. The van der Waals surface area contributed by atoms with Crippen LogP contribution in [0.1, 0.15) is 44.9 Å². The normalized spacial score (nSPS) is 28.7. The molecule has 1 aliphatic carbocycles. The number of nitriles is 1. The topological polar surface area (TPSA) is 44.1 Å². The highest BCUT2D eigenvalue weighted by molar-refractivity contribution is 8.00. The van der Waals surface area contributed by atoms with Gasteiger partial charge in [-0.3, -0.25) is 4.79 Å². The van der Waals surface area contributed by atoms with Crippen LogP contribution in [0.5, 0.6) is 0 Å². The minimum absolute atomic E-state index is 0.156. The number of hydrogen-bond donors (Lipinski definition) is 0. The number of likely N-dealkylation sites (tertiary alicyclic amines) is 1. The van der Waals surface area contributed by atoms with Crippen molar-refractivity contribution in [3.8, 4) is 6.07 Å². The molecule has 2 fully saturated rings. The fourth-order valence-electron chi connectivity index (χ4n) is 2.86. The summed E-state index contributed by atoms with van der Waals surface area (Å²) in [6.07, 6.45) is 8.07. The van der Waals surface area contributed by atoms with Crippen LogP contribution in [0.25, 0.3) is 0 Å². The highest BCUT2D eigenvalue weighted by Crippen LogP contribution is 2.32. The van der Waals surface area contributed by atoms with Crippen molar-refractivity contribution in [3.63, 3.8) is 0 Å². The number of thioether (sulfide) groups is 1. The number of rotatable bonds is 3. The molecule has 0 radical (unpaired) electrons. The SMILES string of the molecule is N#CC1CCCCCC1SCC(=O)N1CCCC1. The van der Waals surface area contributed by atoms with E-state index >= 15 is 0 Å². The molecule has 3 nitrogen and oxygen atoms in total. The summed E-state index contributed by atoms with van der Waals surface area (Å²) in [7, 11) is 0. The lowest BCUT2D eigenvalue weighted by molar-refractivity contribution is -0.127. The third kappa shape index (κ3) is 3.65. The highest BCUT2D eigenvalue weighted by atomic mass is 32.2. The van der Waals surface area contributed by atoms with Crippen molar-refractivity contribution < 1.29 is 4.79 Å². The van der Waals surface area contributed by atoms with Crippen molar-refractivity contribution in [3.05, 3.63) is 0 Å². The van der Waals surface area contributed by atoms with Crippen LogP contribution in [0, 0.1) is 17.2 Å². The molecule has 0 aromatic rings. The smallest absolute Gasteiger partial charge is 0.232 e. The maximum atomic E-state index is 12.0. The number of carbonyl (C=O) groups is 1. The first kappa shape index (κ1) is 13.7. The monoisotopic (exact) mass is 266 g/mol. The average Bonchev–Trinajstić information content (AvgIpc) is 2.82. The highest BCUT2D eigenvalue weighted by Gasteiger charge is 2.26. The molecule has 0 aromatic carbocycles. The molecule has 100 valence electrons. The summed E-state index contributed by atoms with van der Waals surface area (Å²) in [5.41, 5.74) is 0. The van der Waals surface area contributed by atoms with Gasteiger partial charge in [0.2, 0.25) is 5.91 Å². The summed E-state index contributed by atoms with van der Waals surface area (Å²) in [6.45, 7) is 1.87. The minimum Gasteiger partial charge on any atom is -0.342 e. The molecule has 2 aliphatic rings. The molecule has 1 saturated heterocycles. The Morgan fingerprint density at radius 3 is 2.61 bits per heavy atom. The van der Waals surface area contributed by atoms with Crippen LogP contribution >= 0.6 is 11.8 Å². The lowest BCUT2D eigenvalue weighted by Gasteiger charge is -2.20. The fourth-order valence-corrected chi connectivity index (χ4v) is 4.16. The van der Waals surface area contributed by atoms with E-state index in [4.69, 9.17) is 0 Å². The van der Waals surface area contributed by atoms with E-state index in [1.807, 2.05) is 4.90 Å². The van der Waals surface area contributed by atoms with Gasteiger partial charge in [-0.25, -0.2) is 0 Å². The van der Waals surface area contributed by atoms with Crippen LogP contribution in [0.15, 0.2) is 0 Å². The lowest BCUT2D eigenvalue weighted by atomic mass is 10.0. The molecule has 2 rings (SSSR count). The molecule has 1 amide bonds. The van der Waals surface area contributed by atoms with E-state index in [0.29, 0.717) is 11.0 Å². The van der Waals surface area contributed by atoms with Crippen molar-refractivity contribution in [1.29, 1.82) is 5.26 Å². The molecule has 18 heavy (non-hydrogen) atoms. The Kier molecular flexibility index (Phi) is 5.37. The second-order valence-corrected chi connectivity index (χ2v) is 6.54. The molecule has 1 aliphatic heterocycles. The summed E-state index contributed by atoms with van der Waals surface area (Å²) >= 11 is 1.72. The lowest BCUT2D eigenvalue weighted by Crippen LogP contribution is -2.30. The van der Waals surface area contributed by atoms with Gasteiger partial charge in [-0.2, -0.15) is 5.26 Å². The number of nitrogens with zero attached hydrogens (tertiary/aromatic N) is 2. The first-order valence-corrected chi connectivity index (χ1v) is 8.15. The van der Waals surface area contributed by atoms with Gasteiger partial charge in [-0.1, -0.05) is 19.3 Å². The standard InChI is InChI=1S/C14H22N2OS/c15-10-12-6-2-1-3-7-13(12)18-11-14(17)16-8-4-5-9-16/h12-13H,1-9,11H2. The average molecular weight is 266 g/mol. The Hall–Kier alpha value is -0.690. The fraction of sp³-hybridized carbons (Fsp3) is 0.857. The summed E-state index contributed by atoms with van der Waals surface area (Å²) in [6, 6.07) is 2.44. The van der Waals surface area contributed by atoms with E-state index in [1.165, 1.54) is 19.3 Å². The molecule has 0 bridgehead atoms. The Morgan fingerprint density at radius 2 is 1.89 bits per heavy atom. The maximum Gasteiger partial charge on any atom is 0.232 e. The van der Waals surface area contributed by atoms with Crippen molar-refractivity contribution in [2.45, 2.75) is 50.2 Å². The van der Waals surface area contributed by atoms with Crippen LogP contribution in [0.2, 0.25) is 0 Å². The molecule has 1 saturated carbocycles. The van der Waals surface area contributed by atoms with Crippen LogP contribution in [-0.4, -0.2) is 34.9 Å². The zero-order valence-corrected chi connectivity index (χ0v) is 11.8. The van der Waals surface area contributed by atoms with Gasteiger partial charge in [0, 0.05) is 18.3 Å². The van der Waals surface area contributed by atoms with Crippen LogP contribution in [0.4, 0.5) is 0 Å². The van der Waals surface area contributed by atoms with Crippen LogP contribution in [0.3, 0.4) is 0 Å². The van der Waals surface area contributed by atoms with E-state index in [2.05, 4.69) is 6.07 Å². The Balaban J connectivity index is 1.80. The quantitative estimate of drug-likeness (QED) is 0.738. The molecular weight excluding hydrogens is 244 g/mol. The van der Waals surface area contributed by atoms with E-state index in [1.54, 1.807) is 11.8 Å². The maximum absolute atomic E-state index is 12.0. The zero-order valence-electron chi connectivity index (χ0n) is 10.9. The molecule has 0 N–H and O–H groups in total. The van der Waals surface area contributed by atoms with Gasteiger partial charge in [-0.05, 0) is 25.7 Å². The second-order valence-electron chi connectivity index (χ2n) is 5.31. The van der Waals surface area contributed by atoms with Crippen molar-refractivity contribution >= 4 is 17.7 Å². The summed E-state index contributed by atoms with van der Waals surface area (Å²) in [5, 5.41) is 9.58. The van der Waals surface area contributed by atoms with Gasteiger partial charge < -0.3 is 4.90 Å². The predicted octanol–water partition coefficient (Wildman–Crippen LogP) is 2.81. The number of hydrogen-bond acceptors (Lipinski definition) is 3. The zero-order chi connectivity index (χ0) is 12.8. The number of amides is 1. The molecule has 1 heterocycles. The molecule has 2 unspecified atom stereocenters. The second kappa shape index (κ2) is 7.04. The predicted molar refractivity (Wildman–Crippen MR) is 74.2 cm³/mol. The van der Waals surface area contributed by atoms with Crippen molar-refractivity contribution in [1.82, 2.24) is 4.90 Å². The van der Waals surface area contributed by atoms with E-state index in [9.17, 15) is 10.1 Å². The first-order valence-electron chi connectivity index (χ1n) is 7.10. The van der Waals surface area contributed by atoms with Gasteiger partial charge in [0.1, 0.15) is 0 Å². The van der Waals surface area contributed by atoms with Crippen molar-refractivity contribution in [2.24, 2.45) is 5.92 Å². The van der Waals surface area contributed by atoms with Crippen LogP contribution < -0.4 is 0 Å². The summed E-state index contributed by atoms with van der Waals surface area (Å²) < 4.78 is 0. The van der Waals surface area contributed by atoms with Gasteiger partial charge in [0.25, 0.3) is 0 Å². The molecular formula is C14H22N2OS. The van der Waals surface area contributed by atoms with E-state index in [0.717, 1.165) is 38.8 Å². The number of carbonyl (C=O) groups excluding carboxylic acids is 1. The van der Waals surface area contributed by atoms with E-state index < -0.39 is 0 Å². The largest absolute Gasteiger partial charge is 0.342 e. The Morgan fingerprint density at radius 1 is 1.17 bits per heavy atom. The van der Waals surface area contributed by atoms with Gasteiger partial charge in [0.15, 0.2) is 0 Å². The van der Waals surface area contributed by atoms with Crippen molar-refractivity contribution in [2.75, 3.05) is 18.8 Å². The molecule has 4 heteroatoms. The summed E-state index contributed by atoms with van der Waals surface area (Å²) in [4.78, 5) is 14.0. The molecule has 0 spiro atoms. The minimum atomic E-state index is 0.156. The van der Waals surface area contributed by atoms with Gasteiger partial charge in [-0.15, -0.1) is 11.8 Å². The van der Waals surface area contributed by atoms with Crippen LogP contribution in [-0.2, 0) is 4.79 Å². The third-order valence-corrected chi connectivity index (χ3v) is 5.40. The van der Waals surface area contributed by atoms with E-state index in [-0.39, 0.29) is 11.8 Å². The molecule has 2 atom stereocenters. The third-order valence-electron chi connectivity index (χ3n) is 4.00. The molecule has 0 aromatic heterocycles.